The van der Waals surface area contributed by atoms with Crippen molar-refractivity contribution in [2.24, 2.45) is 5.92 Å². The van der Waals surface area contributed by atoms with Crippen LogP contribution in [0, 0.1) is 5.92 Å². The zero-order chi connectivity index (χ0) is 10.5. The Labute approximate surface area is 89.5 Å². The highest BCUT2D eigenvalue weighted by molar-refractivity contribution is 4.91. The molecule has 84 valence electrons. The number of nitrogens with one attached hydrogen (secondary N) is 1. The molecule has 0 aromatic carbocycles. The Morgan fingerprint density at radius 2 is 2.40 bits per heavy atom. The lowest BCUT2D eigenvalue weighted by molar-refractivity contribution is 0.268. The van der Waals surface area contributed by atoms with E-state index < -0.39 is 0 Å². The summed E-state index contributed by atoms with van der Waals surface area (Å²) in [6.45, 7) is 2.50. The topological polar surface area (TPSA) is 63.0 Å². The van der Waals surface area contributed by atoms with Gasteiger partial charge in [-0.2, -0.15) is 0 Å². The smallest absolute Gasteiger partial charge is 0.0964 e. The molecule has 5 nitrogen and oxygen atoms in total. The molecule has 1 aromatic rings. The number of nitrogens with zero attached hydrogens (tertiary/aromatic N) is 3. The molecule has 1 aliphatic carbocycles. The van der Waals surface area contributed by atoms with Crippen LogP contribution in [-0.2, 0) is 13.1 Å². The summed E-state index contributed by atoms with van der Waals surface area (Å²) in [6.07, 6.45) is 6.00. The van der Waals surface area contributed by atoms with Gasteiger partial charge in [0.1, 0.15) is 0 Å². The highest BCUT2D eigenvalue weighted by Gasteiger charge is 2.16. The Morgan fingerprint density at radius 1 is 1.53 bits per heavy atom. The van der Waals surface area contributed by atoms with E-state index in [1.165, 1.54) is 19.3 Å². The van der Waals surface area contributed by atoms with Gasteiger partial charge in [-0.3, -0.25) is 0 Å². The number of aromatic nitrogens is 3. The van der Waals surface area contributed by atoms with E-state index in [0.717, 1.165) is 24.7 Å². The monoisotopic (exact) mass is 210 g/mol. The summed E-state index contributed by atoms with van der Waals surface area (Å²) >= 11 is 0. The predicted molar refractivity (Wildman–Crippen MR) is 56.2 cm³/mol. The zero-order valence-corrected chi connectivity index (χ0v) is 8.89. The first-order valence-electron chi connectivity index (χ1n) is 5.59. The van der Waals surface area contributed by atoms with Gasteiger partial charge in [0.15, 0.2) is 0 Å². The first-order valence-corrected chi connectivity index (χ1v) is 5.59. The van der Waals surface area contributed by atoms with Gasteiger partial charge in [-0.05, 0) is 25.3 Å². The van der Waals surface area contributed by atoms with Gasteiger partial charge in [0, 0.05) is 12.7 Å². The maximum absolute atomic E-state index is 8.71. The van der Waals surface area contributed by atoms with Gasteiger partial charge >= 0.3 is 0 Å². The molecule has 0 amide bonds. The quantitative estimate of drug-likeness (QED) is 0.702. The zero-order valence-electron chi connectivity index (χ0n) is 8.89. The molecule has 5 heteroatoms. The third kappa shape index (κ3) is 3.00. The van der Waals surface area contributed by atoms with Crippen molar-refractivity contribution in [3.05, 3.63) is 11.9 Å². The number of hydrogen-bond acceptors (Lipinski definition) is 4. The van der Waals surface area contributed by atoms with E-state index in [1.807, 2.05) is 6.20 Å². The molecule has 2 rings (SSSR count). The van der Waals surface area contributed by atoms with Crippen LogP contribution < -0.4 is 5.32 Å². The van der Waals surface area contributed by atoms with Crippen molar-refractivity contribution in [2.45, 2.75) is 32.4 Å². The van der Waals surface area contributed by atoms with Crippen LogP contribution in [0.2, 0.25) is 0 Å². The van der Waals surface area contributed by atoms with Crippen molar-refractivity contribution in [3.63, 3.8) is 0 Å². The van der Waals surface area contributed by atoms with E-state index in [4.69, 9.17) is 5.11 Å². The molecule has 1 aliphatic rings. The largest absolute Gasteiger partial charge is 0.394 e. The van der Waals surface area contributed by atoms with Gasteiger partial charge in [-0.15, -0.1) is 5.10 Å². The van der Waals surface area contributed by atoms with Crippen molar-refractivity contribution in [2.75, 3.05) is 13.2 Å². The average molecular weight is 210 g/mol. The first-order chi connectivity index (χ1) is 7.38. The second kappa shape index (κ2) is 5.23. The van der Waals surface area contributed by atoms with Crippen molar-refractivity contribution < 1.29 is 5.11 Å². The van der Waals surface area contributed by atoms with Gasteiger partial charge in [0.25, 0.3) is 0 Å². The van der Waals surface area contributed by atoms with Crippen LogP contribution in [-0.4, -0.2) is 33.3 Å². The Bertz CT molecular complexity index is 295. The van der Waals surface area contributed by atoms with E-state index >= 15 is 0 Å². The van der Waals surface area contributed by atoms with Crippen molar-refractivity contribution in [1.82, 2.24) is 20.3 Å². The van der Waals surface area contributed by atoms with Crippen molar-refractivity contribution >= 4 is 0 Å². The molecule has 0 spiro atoms. The van der Waals surface area contributed by atoms with Crippen LogP contribution in [0.15, 0.2) is 6.20 Å². The summed E-state index contributed by atoms with van der Waals surface area (Å²) in [5, 5.41) is 20.0. The minimum atomic E-state index is 0.109. The second-order valence-electron chi connectivity index (χ2n) is 4.12. The number of hydrogen-bond donors (Lipinski definition) is 2. The van der Waals surface area contributed by atoms with Crippen LogP contribution in [0.3, 0.4) is 0 Å². The molecule has 1 fully saturated rings. The van der Waals surface area contributed by atoms with Gasteiger partial charge in [-0.25, -0.2) is 4.68 Å². The average Bonchev–Trinajstić information content (AvgIpc) is 2.58. The lowest BCUT2D eigenvalue weighted by Crippen LogP contribution is -2.26. The van der Waals surface area contributed by atoms with Crippen molar-refractivity contribution in [1.29, 1.82) is 0 Å². The van der Waals surface area contributed by atoms with E-state index in [9.17, 15) is 0 Å². The second-order valence-corrected chi connectivity index (χ2v) is 4.12. The Balaban J connectivity index is 1.67. The molecule has 0 bridgehead atoms. The Kier molecular flexibility index (Phi) is 3.69. The molecule has 0 aliphatic heterocycles. The third-order valence-corrected chi connectivity index (χ3v) is 2.88. The maximum atomic E-state index is 8.71. The molecule has 1 heterocycles. The molecule has 2 N–H and O–H groups in total. The van der Waals surface area contributed by atoms with Gasteiger partial charge in [0.2, 0.25) is 0 Å². The van der Waals surface area contributed by atoms with Gasteiger partial charge < -0.3 is 10.4 Å². The fourth-order valence-corrected chi connectivity index (χ4v) is 1.73. The molecular formula is C10H18N4O. The van der Waals surface area contributed by atoms with Gasteiger partial charge in [-0.1, -0.05) is 11.6 Å². The minimum absolute atomic E-state index is 0.109. The van der Waals surface area contributed by atoms with Crippen LogP contribution in [0.1, 0.15) is 25.0 Å². The summed E-state index contributed by atoms with van der Waals surface area (Å²) < 4.78 is 1.67. The summed E-state index contributed by atoms with van der Waals surface area (Å²) in [6, 6.07) is 0. The number of aliphatic hydroxyl groups excluding tert-OH is 1. The fourth-order valence-electron chi connectivity index (χ4n) is 1.73. The number of aliphatic hydroxyl groups is 1. The normalized spacial score (nSPS) is 16.6. The van der Waals surface area contributed by atoms with Crippen LogP contribution in [0.25, 0.3) is 0 Å². The van der Waals surface area contributed by atoms with Crippen LogP contribution in [0.4, 0.5) is 0 Å². The highest BCUT2D eigenvalue weighted by Crippen LogP contribution is 2.25. The molecule has 1 aromatic heterocycles. The van der Waals surface area contributed by atoms with E-state index in [-0.39, 0.29) is 6.61 Å². The SMILES string of the molecule is OCCn1cc(CNCC2CCC2)nn1. The maximum Gasteiger partial charge on any atom is 0.0964 e. The van der Waals surface area contributed by atoms with E-state index in [0.29, 0.717) is 6.54 Å². The van der Waals surface area contributed by atoms with E-state index in [2.05, 4.69) is 15.6 Å². The molecule has 0 radical (unpaired) electrons. The summed E-state index contributed by atoms with van der Waals surface area (Å²) in [7, 11) is 0. The van der Waals surface area contributed by atoms with Gasteiger partial charge in [0.05, 0.1) is 18.8 Å². The summed E-state index contributed by atoms with van der Waals surface area (Å²) in [5.74, 6) is 0.873. The molecule has 0 saturated heterocycles. The third-order valence-electron chi connectivity index (χ3n) is 2.88. The lowest BCUT2D eigenvalue weighted by Gasteiger charge is -2.25. The minimum Gasteiger partial charge on any atom is -0.394 e. The summed E-state index contributed by atoms with van der Waals surface area (Å²) in [4.78, 5) is 0. The molecule has 15 heavy (non-hydrogen) atoms. The van der Waals surface area contributed by atoms with E-state index in [1.54, 1.807) is 4.68 Å². The molecule has 1 saturated carbocycles. The van der Waals surface area contributed by atoms with Crippen molar-refractivity contribution in [3.8, 4) is 0 Å². The summed E-state index contributed by atoms with van der Waals surface area (Å²) in [5.41, 5.74) is 0.947. The first kappa shape index (κ1) is 10.6. The predicted octanol–water partition coefficient (Wildman–Crippen LogP) is 0.160. The van der Waals surface area contributed by atoms with Crippen LogP contribution in [0.5, 0.6) is 0 Å². The molecule has 0 unspecified atom stereocenters. The molecular weight excluding hydrogens is 192 g/mol. The number of rotatable bonds is 6. The lowest BCUT2D eigenvalue weighted by atomic mass is 9.85. The molecule has 0 atom stereocenters. The van der Waals surface area contributed by atoms with Crippen LogP contribution >= 0.6 is 0 Å². The standard InChI is InChI=1S/C10H18N4O/c15-5-4-14-8-10(12-13-14)7-11-6-9-2-1-3-9/h8-9,11,15H,1-7H2. The Hall–Kier alpha value is -0.940. The fraction of sp³-hybridized carbons (Fsp3) is 0.800. The Morgan fingerprint density at radius 3 is 3.07 bits per heavy atom. The highest BCUT2D eigenvalue weighted by atomic mass is 16.3.